The van der Waals surface area contributed by atoms with Gasteiger partial charge in [0.25, 0.3) is 0 Å². The summed E-state index contributed by atoms with van der Waals surface area (Å²) in [5.41, 5.74) is 6.06. The van der Waals surface area contributed by atoms with E-state index >= 15 is 0 Å². The molecule has 1 nitrogen and oxygen atoms in total. The maximum absolute atomic E-state index is 13.0. The third-order valence-corrected chi connectivity index (χ3v) is 2.15. The largest absolute Gasteiger partial charge is 0.330 e. The van der Waals surface area contributed by atoms with Gasteiger partial charge in [-0.05, 0) is 43.1 Å². The van der Waals surface area contributed by atoms with Crippen LogP contribution in [0.1, 0.15) is 12.0 Å². The van der Waals surface area contributed by atoms with E-state index in [9.17, 15) is 4.39 Å². The summed E-state index contributed by atoms with van der Waals surface area (Å²) in [7, 11) is 0. The Morgan fingerprint density at radius 3 is 2.83 bits per heavy atom. The van der Waals surface area contributed by atoms with Crippen LogP contribution in [0.3, 0.4) is 0 Å². The number of aryl methyl sites for hydroxylation is 1. The molecule has 1 aromatic rings. The second kappa shape index (κ2) is 4.58. The van der Waals surface area contributed by atoms with E-state index in [1.165, 1.54) is 6.07 Å². The van der Waals surface area contributed by atoms with Crippen LogP contribution in [0.5, 0.6) is 0 Å². The van der Waals surface area contributed by atoms with Crippen molar-refractivity contribution in [1.82, 2.24) is 0 Å². The van der Waals surface area contributed by atoms with Crippen LogP contribution in [0.25, 0.3) is 0 Å². The van der Waals surface area contributed by atoms with Gasteiger partial charge >= 0.3 is 0 Å². The molecule has 0 unspecified atom stereocenters. The first kappa shape index (κ1) is 9.68. The van der Waals surface area contributed by atoms with E-state index in [1.807, 2.05) is 0 Å². The Bertz CT molecular complexity index is 263. The highest BCUT2D eigenvalue weighted by atomic mass is 79.9. The van der Waals surface area contributed by atoms with Crippen molar-refractivity contribution in [2.75, 3.05) is 6.54 Å². The minimum atomic E-state index is -0.147. The van der Waals surface area contributed by atoms with Gasteiger partial charge in [0.15, 0.2) is 0 Å². The Kier molecular flexibility index (Phi) is 3.69. The molecule has 0 aliphatic carbocycles. The van der Waals surface area contributed by atoms with Crippen LogP contribution in [-0.4, -0.2) is 6.54 Å². The second-order valence-corrected chi connectivity index (χ2v) is 3.54. The molecule has 0 bridgehead atoms. The fraction of sp³-hybridized carbons (Fsp3) is 0.333. The van der Waals surface area contributed by atoms with E-state index in [2.05, 4.69) is 15.9 Å². The smallest absolute Gasteiger partial charge is 0.126 e. The van der Waals surface area contributed by atoms with Gasteiger partial charge in [-0.2, -0.15) is 0 Å². The maximum atomic E-state index is 13.0. The van der Waals surface area contributed by atoms with Gasteiger partial charge in [-0.3, -0.25) is 0 Å². The van der Waals surface area contributed by atoms with Gasteiger partial charge in [-0.15, -0.1) is 0 Å². The molecule has 12 heavy (non-hydrogen) atoms. The molecule has 0 fully saturated rings. The minimum Gasteiger partial charge on any atom is -0.330 e. The van der Waals surface area contributed by atoms with Crippen molar-refractivity contribution in [3.63, 3.8) is 0 Å². The third kappa shape index (κ3) is 2.57. The molecule has 1 aromatic carbocycles. The average Bonchev–Trinajstić information content (AvgIpc) is 2.07. The molecule has 0 saturated heterocycles. The summed E-state index contributed by atoms with van der Waals surface area (Å²) >= 11 is 3.29. The highest BCUT2D eigenvalue weighted by molar-refractivity contribution is 9.10. The molecule has 0 aromatic heterocycles. The van der Waals surface area contributed by atoms with Crippen LogP contribution in [0.15, 0.2) is 22.7 Å². The first-order valence-electron chi connectivity index (χ1n) is 3.88. The van der Waals surface area contributed by atoms with E-state index in [0.717, 1.165) is 16.5 Å². The van der Waals surface area contributed by atoms with Gasteiger partial charge in [0, 0.05) is 4.47 Å². The molecule has 0 heterocycles. The van der Waals surface area contributed by atoms with Gasteiger partial charge < -0.3 is 5.73 Å². The highest BCUT2D eigenvalue weighted by Crippen LogP contribution is 2.16. The van der Waals surface area contributed by atoms with Gasteiger partial charge in [-0.25, -0.2) is 4.39 Å². The summed E-state index contributed by atoms with van der Waals surface area (Å²) < 4.78 is 13.9. The molecule has 0 atom stereocenters. The summed E-state index contributed by atoms with van der Waals surface area (Å²) in [4.78, 5) is 0. The molecule has 0 amide bonds. The van der Waals surface area contributed by atoms with Crippen molar-refractivity contribution in [2.45, 2.75) is 12.8 Å². The first-order valence-corrected chi connectivity index (χ1v) is 4.67. The number of benzene rings is 1. The molecular formula is C9H11BrFN. The summed E-state index contributed by atoms with van der Waals surface area (Å²) in [6.07, 6.45) is 1.54. The van der Waals surface area contributed by atoms with Crippen molar-refractivity contribution in [1.29, 1.82) is 0 Å². The van der Waals surface area contributed by atoms with E-state index in [0.29, 0.717) is 13.0 Å². The zero-order chi connectivity index (χ0) is 8.97. The lowest BCUT2D eigenvalue weighted by atomic mass is 10.1. The number of nitrogens with two attached hydrogens (primary N) is 1. The lowest BCUT2D eigenvalue weighted by molar-refractivity contribution is 0.605. The molecule has 1 rings (SSSR count). The van der Waals surface area contributed by atoms with E-state index in [-0.39, 0.29) is 5.82 Å². The first-order chi connectivity index (χ1) is 5.74. The van der Waals surface area contributed by atoms with Gasteiger partial charge in [-0.1, -0.05) is 15.9 Å². The van der Waals surface area contributed by atoms with Crippen LogP contribution in [0.4, 0.5) is 4.39 Å². The molecule has 3 heteroatoms. The monoisotopic (exact) mass is 231 g/mol. The van der Waals surface area contributed by atoms with Gasteiger partial charge in [0.05, 0.1) is 0 Å². The van der Waals surface area contributed by atoms with E-state index in [1.54, 1.807) is 12.1 Å². The molecule has 66 valence electrons. The Labute approximate surface area is 79.9 Å². The minimum absolute atomic E-state index is 0.147. The van der Waals surface area contributed by atoms with Crippen LogP contribution >= 0.6 is 15.9 Å². The molecule has 0 aliphatic heterocycles. The van der Waals surface area contributed by atoms with Crippen molar-refractivity contribution in [2.24, 2.45) is 5.73 Å². The van der Waals surface area contributed by atoms with E-state index in [4.69, 9.17) is 5.73 Å². The predicted octanol–water partition coefficient (Wildman–Crippen LogP) is 2.48. The third-order valence-electron chi connectivity index (χ3n) is 1.66. The lowest BCUT2D eigenvalue weighted by Crippen LogP contribution is -2.01. The molecule has 2 N–H and O–H groups in total. The number of hydrogen-bond acceptors (Lipinski definition) is 1. The summed E-state index contributed by atoms with van der Waals surface area (Å²) in [5.74, 6) is -0.147. The number of rotatable bonds is 3. The van der Waals surface area contributed by atoms with Crippen LogP contribution in [0.2, 0.25) is 0 Å². The molecule has 0 aliphatic rings. The second-order valence-electron chi connectivity index (χ2n) is 2.63. The summed E-state index contributed by atoms with van der Waals surface area (Å²) in [5, 5.41) is 0. The summed E-state index contributed by atoms with van der Waals surface area (Å²) in [6.45, 7) is 0.603. The number of halogens is 2. The Morgan fingerprint density at radius 1 is 1.42 bits per heavy atom. The fourth-order valence-electron chi connectivity index (χ4n) is 1.03. The number of hydrogen-bond donors (Lipinski definition) is 1. The van der Waals surface area contributed by atoms with Crippen molar-refractivity contribution in [3.8, 4) is 0 Å². The zero-order valence-corrected chi connectivity index (χ0v) is 8.27. The maximum Gasteiger partial charge on any atom is 0.126 e. The molecular weight excluding hydrogens is 221 g/mol. The Hall–Kier alpha value is -0.410. The summed E-state index contributed by atoms with van der Waals surface area (Å²) in [6, 6.07) is 4.96. The fourth-order valence-corrected chi connectivity index (χ4v) is 1.44. The van der Waals surface area contributed by atoms with Crippen LogP contribution in [-0.2, 0) is 6.42 Å². The van der Waals surface area contributed by atoms with Crippen molar-refractivity contribution >= 4 is 15.9 Å². The quantitative estimate of drug-likeness (QED) is 0.851. The zero-order valence-electron chi connectivity index (χ0n) is 6.69. The Balaban J connectivity index is 2.75. The topological polar surface area (TPSA) is 26.0 Å². The molecule has 0 saturated carbocycles. The Morgan fingerprint density at radius 2 is 2.17 bits per heavy atom. The van der Waals surface area contributed by atoms with E-state index < -0.39 is 0 Å². The average molecular weight is 232 g/mol. The van der Waals surface area contributed by atoms with Gasteiger partial charge in [0.2, 0.25) is 0 Å². The molecule has 0 radical (unpaired) electrons. The normalized spacial score (nSPS) is 10.2. The lowest BCUT2D eigenvalue weighted by Gasteiger charge is -2.01. The standard InChI is InChI=1S/C9H11BrFN/c10-8-3-4-9(11)7(6-8)2-1-5-12/h3-4,6H,1-2,5,12H2. The van der Waals surface area contributed by atoms with Crippen LogP contribution < -0.4 is 5.73 Å². The van der Waals surface area contributed by atoms with Crippen molar-refractivity contribution in [3.05, 3.63) is 34.1 Å². The highest BCUT2D eigenvalue weighted by Gasteiger charge is 2.01. The van der Waals surface area contributed by atoms with Gasteiger partial charge in [0.1, 0.15) is 5.82 Å². The predicted molar refractivity (Wildman–Crippen MR) is 51.5 cm³/mol. The molecule has 0 spiro atoms. The van der Waals surface area contributed by atoms with Crippen molar-refractivity contribution < 1.29 is 4.39 Å². The SMILES string of the molecule is NCCCc1cc(Br)ccc1F. The van der Waals surface area contributed by atoms with Crippen LogP contribution in [0, 0.1) is 5.82 Å².